The van der Waals surface area contributed by atoms with E-state index in [4.69, 9.17) is 4.98 Å². The summed E-state index contributed by atoms with van der Waals surface area (Å²) in [5, 5.41) is 1.22. The number of nitrogens with zero attached hydrogens (tertiary/aromatic N) is 1. The van der Waals surface area contributed by atoms with Crippen LogP contribution < -0.4 is 0 Å². The van der Waals surface area contributed by atoms with Gasteiger partial charge in [0.1, 0.15) is 0 Å². The van der Waals surface area contributed by atoms with Crippen molar-refractivity contribution in [2.75, 3.05) is 0 Å². The van der Waals surface area contributed by atoms with E-state index in [1.54, 1.807) is 11.3 Å². The van der Waals surface area contributed by atoms with Gasteiger partial charge in [-0.25, -0.2) is 4.98 Å². The van der Waals surface area contributed by atoms with Crippen LogP contribution in [0.5, 0.6) is 0 Å². The van der Waals surface area contributed by atoms with Gasteiger partial charge in [0.2, 0.25) is 0 Å². The first-order valence-electron chi connectivity index (χ1n) is 7.71. The molecule has 0 N–H and O–H groups in total. The fourth-order valence-electron chi connectivity index (χ4n) is 2.26. The molecule has 1 nitrogen and oxygen atoms in total. The summed E-state index contributed by atoms with van der Waals surface area (Å²) in [7, 11) is 0. The lowest BCUT2D eigenvalue weighted by molar-refractivity contribution is 0.857. The minimum atomic E-state index is 0.497. The summed E-state index contributed by atoms with van der Waals surface area (Å²) in [6.07, 6.45) is 4.41. The number of thiazole rings is 1. The highest BCUT2D eigenvalue weighted by Gasteiger charge is 2.07. The Morgan fingerprint density at radius 1 is 0.909 bits per heavy atom. The van der Waals surface area contributed by atoms with Gasteiger partial charge in [-0.15, -0.1) is 22.7 Å². The normalized spacial score (nSPS) is 12.3. The largest absolute Gasteiger partial charge is 0.241 e. The van der Waals surface area contributed by atoms with Crippen molar-refractivity contribution in [3.8, 4) is 0 Å². The fourth-order valence-corrected chi connectivity index (χ4v) is 4.19. The second kappa shape index (κ2) is 6.35. The van der Waals surface area contributed by atoms with Crippen molar-refractivity contribution in [3.05, 3.63) is 50.7 Å². The van der Waals surface area contributed by atoms with Crippen molar-refractivity contribution in [1.29, 1.82) is 0 Å². The van der Waals surface area contributed by atoms with Gasteiger partial charge in [0, 0.05) is 15.7 Å². The molecule has 0 spiro atoms. The molecule has 3 rings (SSSR count). The molecule has 0 atom stereocenters. The molecule has 3 heteroatoms. The maximum Gasteiger partial charge on any atom is 0.0963 e. The molecule has 0 bridgehead atoms. The molecule has 3 aromatic rings. The van der Waals surface area contributed by atoms with E-state index >= 15 is 0 Å². The zero-order valence-corrected chi connectivity index (χ0v) is 15.1. The predicted octanol–water partition coefficient (Wildman–Crippen LogP) is 6.78. The van der Waals surface area contributed by atoms with Crippen LogP contribution >= 0.6 is 22.7 Å². The van der Waals surface area contributed by atoms with Crippen LogP contribution in [-0.4, -0.2) is 4.98 Å². The monoisotopic (exact) mass is 327 g/mol. The van der Waals surface area contributed by atoms with Gasteiger partial charge in [-0.2, -0.15) is 0 Å². The molecule has 0 amide bonds. The zero-order valence-electron chi connectivity index (χ0n) is 13.5. The van der Waals surface area contributed by atoms with E-state index in [0.717, 1.165) is 5.52 Å². The van der Waals surface area contributed by atoms with Crippen molar-refractivity contribution >= 4 is 45.0 Å². The van der Waals surface area contributed by atoms with Gasteiger partial charge < -0.3 is 0 Å². The van der Waals surface area contributed by atoms with Gasteiger partial charge >= 0.3 is 0 Å². The first-order chi connectivity index (χ1) is 10.5. The highest BCUT2D eigenvalue weighted by molar-refractivity contribution is 7.18. The summed E-state index contributed by atoms with van der Waals surface area (Å²) in [4.78, 5) is 7.45. The summed E-state index contributed by atoms with van der Waals surface area (Å²) in [5.41, 5.74) is 2.36. The van der Waals surface area contributed by atoms with Crippen LogP contribution in [0.2, 0.25) is 0 Å². The summed E-state index contributed by atoms with van der Waals surface area (Å²) < 4.78 is 1.28. The Hall–Kier alpha value is -1.45. The van der Waals surface area contributed by atoms with Crippen molar-refractivity contribution in [3.63, 3.8) is 0 Å². The van der Waals surface area contributed by atoms with Crippen LogP contribution in [0.1, 0.15) is 59.9 Å². The number of hydrogen-bond donors (Lipinski definition) is 0. The highest BCUT2D eigenvalue weighted by atomic mass is 32.1. The lowest BCUT2D eigenvalue weighted by Crippen LogP contribution is -1.82. The summed E-state index contributed by atoms with van der Waals surface area (Å²) in [6.45, 7) is 8.87. The number of aromatic nitrogens is 1. The van der Waals surface area contributed by atoms with Crippen LogP contribution in [0.4, 0.5) is 0 Å². The van der Waals surface area contributed by atoms with E-state index in [1.165, 1.54) is 25.0 Å². The van der Waals surface area contributed by atoms with Gasteiger partial charge in [-0.1, -0.05) is 39.8 Å². The molecule has 1 aromatic carbocycles. The third-order valence-electron chi connectivity index (χ3n) is 3.58. The van der Waals surface area contributed by atoms with Crippen molar-refractivity contribution in [2.24, 2.45) is 0 Å². The van der Waals surface area contributed by atoms with E-state index in [1.807, 2.05) is 11.3 Å². The first kappa shape index (κ1) is 15.4. The summed E-state index contributed by atoms with van der Waals surface area (Å²) in [5.74, 6) is 1.10. The molecule has 0 aliphatic heterocycles. The Morgan fingerprint density at radius 2 is 1.73 bits per heavy atom. The molecule has 2 heterocycles. The van der Waals surface area contributed by atoms with E-state index in [9.17, 15) is 0 Å². The Bertz CT molecular complexity index is 806. The van der Waals surface area contributed by atoms with Crippen LogP contribution in [0, 0.1) is 0 Å². The topological polar surface area (TPSA) is 12.9 Å². The van der Waals surface area contributed by atoms with Crippen LogP contribution in [0.25, 0.3) is 22.4 Å². The number of hydrogen-bond acceptors (Lipinski definition) is 3. The van der Waals surface area contributed by atoms with Gasteiger partial charge in [-0.05, 0) is 41.8 Å². The SMILES string of the molecule is CC(C)c1ccc(/C=C/c2ccc3nc(C(C)C)sc3c2)s1. The standard InChI is InChI=1S/C19H21NS2/c1-12(2)17-10-8-15(21-17)7-5-14-6-9-16-18(11-14)22-19(20-16)13(3)4/h5-13H,1-4H3/b7-5+. The molecule has 0 radical (unpaired) electrons. The van der Waals surface area contributed by atoms with Crippen LogP contribution in [-0.2, 0) is 0 Å². The Labute approximate surface area is 140 Å². The molecule has 0 aliphatic carbocycles. The molecule has 0 unspecified atom stereocenters. The first-order valence-corrected chi connectivity index (χ1v) is 9.34. The smallest absolute Gasteiger partial charge is 0.0963 e. The second-order valence-corrected chi connectivity index (χ2v) is 8.37. The van der Waals surface area contributed by atoms with Crippen molar-refractivity contribution in [2.45, 2.75) is 39.5 Å². The lowest BCUT2D eigenvalue weighted by atomic mass is 10.2. The van der Waals surface area contributed by atoms with Crippen LogP contribution in [0.15, 0.2) is 30.3 Å². The average molecular weight is 328 g/mol. The van der Waals surface area contributed by atoms with Gasteiger partial charge in [0.15, 0.2) is 0 Å². The van der Waals surface area contributed by atoms with Gasteiger partial charge in [0.05, 0.1) is 15.2 Å². The number of thiophene rings is 1. The van der Waals surface area contributed by atoms with Gasteiger partial charge in [-0.3, -0.25) is 0 Å². The molecule has 0 fully saturated rings. The Balaban J connectivity index is 1.84. The minimum Gasteiger partial charge on any atom is -0.241 e. The van der Waals surface area contributed by atoms with Crippen LogP contribution in [0.3, 0.4) is 0 Å². The molecule has 114 valence electrons. The Kier molecular flexibility index (Phi) is 4.46. The van der Waals surface area contributed by atoms with Crippen molar-refractivity contribution in [1.82, 2.24) is 4.98 Å². The van der Waals surface area contributed by atoms with Gasteiger partial charge in [0.25, 0.3) is 0 Å². The fraction of sp³-hybridized carbons (Fsp3) is 0.316. The quantitative estimate of drug-likeness (QED) is 0.515. The molecular weight excluding hydrogens is 306 g/mol. The van der Waals surface area contributed by atoms with E-state index in [0.29, 0.717) is 11.8 Å². The Morgan fingerprint density at radius 3 is 2.41 bits per heavy atom. The minimum absolute atomic E-state index is 0.497. The average Bonchev–Trinajstić information content (AvgIpc) is 3.11. The summed E-state index contributed by atoms with van der Waals surface area (Å²) >= 11 is 3.68. The molecule has 2 aromatic heterocycles. The third kappa shape index (κ3) is 3.31. The van der Waals surface area contributed by atoms with E-state index in [-0.39, 0.29) is 0 Å². The highest BCUT2D eigenvalue weighted by Crippen LogP contribution is 2.29. The molecule has 0 saturated heterocycles. The zero-order chi connectivity index (χ0) is 15.7. The second-order valence-electron chi connectivity index (χ2n) is 6.16. The number of benzene rings is 1. The molecule has 0 saturated carbocycles. The predicted molar refractivity (Wildman–Crippen MR) is 101 cm³/mol. The molecule has 22 heavy (non-hydrogen) atoms. The third-order valence-corrected chi connectivity index (χ3v) is 6.25. The summed E-state index contributed by atoms with van der Waals surface area (Å²) in [6, 6.07) is 11.0. The van der Waals surface area contributed by atoms with Crippen molar-refractivity contribution < 1.29 is 0 Å². The van der Waals surface area contributed by atoms with E-state index < -0.39 is 0 Å². The number of fused-ring (bicyclic) bond motifs is 1. The number of rotatable bonds is 4. The van der Waals surface area contributed by atoms with E-state index in [2.05, 4.69) is 70.2 Å². The maximum atomic E-state index is 4.69. The molecular formula is C19H21NS2. The molecule has 0 aliphatic rings. The lowest BCUT2D eigenvalue weighted by Gasteiger charge is -1.97. The maximum absolute atomic E-state index is 4.69.